The summed E-state index contributed by atoms with van der Waals surface area (Å²) in [6, 6.07) is 10.4. The first-order valence-electron chi connectivity index (χ1n) is 13.1. The second kappa shape index (κ2) is 20.7. The Bertz CT molecular complexity index is 834. The summed E-state index contributed by atoms with van der Waals surface area (Å²) in [7, 11) is 1.68. The molecular weight excluding hydrogens is 450 g/mol. The lowest BCUT2D eigenvalue weighted by atomic mass is 9.97. The number of benzene rings is 1. The molecule has 0 fully saturated rings. The smallest absolute Gasteiger partial charge is 0.207 e. The summed E-state index contributed by atoms with van der Waals surface area (Å²) in [6.45, 7) is 23.0. The Balaban J connectivity index is 0. The van der Waals surface area contributed by atoms with Crippen LogP contribution in [0.4, 0.5) is 0 Å². The van der Waals surface area contributed by atoms with E-state index in [1.165, 1.54) is 11.1 Å². The number of carbonyl (C=O) groups excluding carboxylic acids is 2. The van der Waals surface area contributed by atoms with Crippen molar-refractivity contribution in [1.82, 2.24) is 15.1 Å². The van der Waals surface area contributed by atoms with Crippen molar-refractivity contribution in [2.24, 2.45) is 11.3 Å². The molecule has 0 aliphatic rings. The number of methoxy groups -OCH3 is 1. The highest BCUT2D eigenvalue weighted by atomic mass is 16.5. The third kappa shape index (κ3) is 18.8. The molecule has 36 heavy (non-hydrogen) atoms. The van der Waals surface area contributed by atoms with Gasteiger partial charge in [-0.1, -0.05) is 72.7 Å². The quantitative estimate of drug-likeness (QED) is 0.235. The molecule has 0 radical (unpaired) electrons. The van der Waals surface area contributed by atoms with Gasteiger partial charge in [-0.15, -0.1) is 0 Å². The minimum Gasteiger partial charge on any atom is -0.385 e. The van der Waals surface area contributed by atoms with Gasteiger partial charge < -0.3 is 10.1 Å². The van der Waals surface area contributed by atoms with E-state index >= 15 is 0 Å². The van der Waals surface area contributed by atoms with E-state index in [-0.39, 0.29) is 11.2 Å². The molecule has 6 nitrogen and oxygen atoms in total. The van der Waals surface area contributed by atoms with Crippen LogP contribution in [0, 0.1) is 18.3 Å². The summed E-state index contributed by atoms with van der Waals surface area (Å²) < 4.78 is 6.38. The van der Waals surface area contributed by atoms with Crippen molar-refractivity contribution < 1.29 is 14.3 Å². The van der Waals surface area contributed by atoms with Crippen molar-refractivity contribution in [3.8, 4) is 0 Å². The number of amides is 1. The van der Waals surface area contributed by atoms with Crippen molar-refractivity contribution in [2.75, 3.05) is 20.3 Å². The lowest BCUT2D eigenvalue weighted by Gasteiger charge is -2.19. The number of hydrogen-bond donors (Lipinski definition) is 1. The van der Waals surface area contributed by atoms with Gasteiger partial charge in [-0.05, 0) is 61.6 Å². The monoisotopic (exact) mass is 503 g/mol. The van der Waals surface area contributed by atoms with Gasteiger partial charge in [0.2, 0.25) is 6.41 Å². The number of nitrogens with one attached hydrogen (secondary N) is 1. The fourth-order valence-electron chi connectivity index (χ4n) is 2.93. The van der Waals surface area contributed by atoms with Crippen LogP contribution in [0.1, 0.15) is 96.0 Å². The van der Waals surface area contributed by atoms with Crippen LogP contribution in [-0.2, 0) is 28.9 Å². The third-order valence-corrected chi connectivity index (χ3v) is 5.06. The Morgan fingerprint density at radius 2 is 1.72 bits per heavy atom. The van der Waals surface area contributed by atoms with Crippen LogP contribution in [-0.4, -0.2) is 42.2 Å². The van der Waals surface area contributed by atoms with Crippen molar-refractivity contribution >= 4 is 12.2 Å². The van der Waals surface area contributed by atoms with Crippen LogP contribution in [0.2, 0.25) is 0 Å². The molecule has 0 bridgehead atoms. The van der Waals surface area contributed by atoms with E-state index < -0.39 is 0 Å². The molecule has 0 aliphatic carbocycles. The maximum atomic E-state index is 11.4. The summed E-state index contributed by atoms with van der Waals surface area (Å²) >= 11 is 0. The summed E-state index contributed by atoms with van der Waals surface area (Å²) in [5.74, 6) is 0.772. The molecule has 0 atom stereocenters. The highest BCUT2D eigenvalue weighted by Crippen LogP contribution is 2.18. The largest absolute Gasteiger partial charge is 0.385 e. The highest BCUT2D eigenvalue weighted by Gasteiger charge is 2.17. The van der Waals surface area contributed by atoms with Gasteiger partial charge in [0.25, 0.3) is 0 Å². The third-order valence-electron chi connectivity index (χ3n) is 5.06. The SMILES string of the molecule is CC(C)CCNC=O.CCOC.CCc1cc(C(C)=O)n(CC(C)(C)C)n1.CCc1ccccc1C. The first-order chi connectivity index (χ1) is 16.9. The molecule has 1 aromatic heterocycles. The lowest BCUT2D eigenvalue weighted by molar-refractivity contribution is -0.109. The van der Waals surface area contributed by atoms with Gasteiger partial charge in [0.15, 0.2) is 5.78 Å². The van der Waals surface area contributed by atoms with Crippen LogP contribution < -0.4 is 5.32 Å². The molecular formula is C30H53N3O3. The van der Waals surface area contributed by atoms with Gasteiger partial charge in [0.1, 0.15) is 5.69 Å². The molecule has 0 unspecified atom stereocenters. The summed E-state index contributed by atoms with van der Waals surface area (Å²) in [4.78, 5) is 21.1. The minimum absolute atomic E-state index is 0.0893. The normalized spacial score (nSPS) is 10.2. The van der Waals surface area contributed by atoms with Crippen LogP contribution in [0.3, 0.4) is 0 Å². The number of carbonyl (C=O) groups is 2. The lowest BCUT2D eigenvalue weighted by Crippen LogP contribution is -2.19. The summed E-state index contributed by atoms with van der Waals surface area (Å²) in [5.41, 5.74) is 4.71. The number of nitrogens with zero attached hydrogens (tertiary/aromatic N) is 2. The van der Waals surface area contributed by atoms with E-state index in [2.05, 4.69) is 87.9 Å². The standard InChI is InChI=1S/C12H20N2O.C9H12.C6H13NO.C3H8O/c1-6-10-7-11(9(2)15)14(13-10)8-12(3,4)5;1-3-9-7-5-4-6-8(9)2;1-6(2)3-4-7-5-8;1-3-4-2/h7H,6,8H2,1-5H3;4-7H,3H2,1-2H3;5-6H,3-4H2,1-2H3,(H,7,8);3H2,1-2H3. The van der Waals surface area contributed by atoms with Crippen LogP contribution in [0.25, 0.3) is 0 Å². The molecule has 1 heterocycles. The number of aryl methyl sites for hydroxylation is 3. The average Bonchev–Trinajstić information content (AvgIpc) is 3.22. The average molecular weight is 504 g/mol. The molecule has 0 saturated carbocycles. The first kappa shape index (κ1) is 35.7. The van der Waals surface area contributed by atoms with Crippen molar-refractivity contribution in [2.45, 2.75) is 95.0 Å². The van der Waals surface area contributed by atoms with E-state index in [0.29, 0.717) is 5.92 Å². The maximum absolute atomic E-state index is 11.4. The van der Waals surface area contributed by atoms with Gasteiger partial charge in [-0.25, -0.2) is 0 Å². The van der Waals surface area contributed by atoms with Crippen LogP contribution in [0.15, 0.2) is 30.3 Å². The molecule has 206 valence electrons. The Morgan fingerprint density at radius 3 is 2.08 bits per heavy atom. The minimum atomic E-state index is 0.0893. The number of ether oxygens (including phenoxy) is 1. The molecule has 1 N–H and O–H groups in total. The van der Waals surface area contributed by atoms with Crippen molar-refractivity contribution in [1.29, 1.82) is 0 Å². The molecule has 6 heteroatoms. The van der Waals surface area contributed by atoms with E-state index in [4.69, 9.17) is 0 Å². The van der Waals surface area contributed by atoms with E-state index in [1.54, 1.807) is 14.0 Å². The Hall–Kier alpha value is -2.47. The second-order valence-electron chi connectivity index (χ2n) is 10.3. The number of Topliss-reactive ketones (excluding diaryl/α,β-unsaturated/α-hetero) is 1. The highest BCUT2D eigenvalue weighted by molar-refractivity contribution is 5.92. The zero-order valence-corrected chi connectivity index (χ0v) is 24.9. The van der Waals surface area contributed by atoms with E-state index in [1.807, 2.05) is 24.6 Å². The second-order valence-corrected chi connectivity index (χ2v) is 10.3. The van der Waals surface area contributed by atoms with Crippen molar-refractivity contribution in [3.05, 3.63) is 52.8 Å². The van der Waals surface area contributed by atoms with Crippen LogP contribution >= 0.6 is 0 Å². The molecule has 2 aromatic rings. The number of ketones is 1. The Kier molecular flexibility index (Phi) is 20.5. The zero-order valence-electron chi connectivity index (χ0n) is 24.9. The molecule has 1 amide bonds. The summed E-state index contributed by atoms with van der Waals surface area (Å²) in [6.07, 6.45) is 3.82. The molecule has 1 aromatic carbocycles. The summed E-state index contributed by atoms with van der Waals surface area (Å²) in [5, 5.41) is 7.03. The van der Waals surface area contributed by atoms with Crippen molar-refractivity contribution in [3.63, 3.8) is 0 Å². The van der Waals surface area contributed by atoms with Gasteiger partial charge in [0.05, 0.1) is 5.69 Å². The Morgan fingerprint density at radius 1 is 1.14 bits per heavy atom. The fourth-order valence-corrected chi connectivity index (χ4v) is 2.93. The van der Waals surface area contributed by atoms with Gasteiger partial charge in [-0.2, -0.15) is 5.10 Å². The molecule has 2 rings (SSSR count). The van der Waals surface area contributed by atoms with Gasteiger partial charge in [-0.3, -0.25) is 14.3 Å². The predicted octanol–water partition coefficient (Wildman–Crippen LogP) is 6.68. The zero-order chi connectivity index (χ0) is 28.1. The Labute approximate surface area is 221 Å². The maximum Gasteiger partial charge on any atom is 0.207 e. The number of hydrogen-bond acceptors (Lipinski definition) is 4. The van der Waals surface area contributed by atoms with Gasteiger partial charge >= 0.3 is 0 Å². The fraction of sp³-hybridized carbons (Fsp3) is 0.633. The first-order valence-corrected chi connectivity index (χ1v) is 13.1. The molecule has 0 spiro atoms. The molecule has 0 saturated heterocycles. The predicted molar refractivity (Wildman–Crippen MR) is 153 cm³/mol. The van der Waals surface area contributed by atoms with Gasteiger partial charge in [0, 0.05) is 33.7 Å². The number of aromatic nitrogens is 2. The van der Waals surface area contributed by atoms with Crippen LogP contribution in [0.5, 0.6) is 0 Å². The topological polar surface area (TPSA) is 73.2 Å². The van der Waals surface area contributed by atoms with E-state index in [0.717, 1.165) is 56.8 Å². The number of rotatable bonds is 9. The van der Waals surface area contributed by atoms with E-state index in [9.17, 15) is 9.59 Å². The molecule has 0 aliphatic heterocycles.